The van der Waals surface area contributed by atoms with Gasteiger partial charge in [0.25, 0.3) is 5.69 Å². The fourth-order valence-electron chi connectivity index (χ4n) is 1.11. The van der Waals surface area contributed by atoms with E-state index in [1.54, 1.807) is 18.3 Å². The molecule has 0 fully saturated rings. The lowest BCUT2D eigenvalue weighted by atomic mass is 10.2. The second kappa shape index (κ2) is 5.87. The van der Waals surface area contributed by atoms with E-state index in [1.165, 1.54) is 6.07 Å². The van der Waals surface area contributed by atoms with Gasteiger partial charge < -0.3 is 5.32 Å². The van der Waals surface area contributed by atoms with E-state index in [9.17, 15) is 10.1 Å². The number of nitro groups is 1. The third-order valence-electron chi connectivity index (χ3n) is 1.85. The van der Waals surface area contributed by atoms with Gasteiger partial charge in [0, 0.05) is 12.3 Å². The van der Waals surface area contributed by atoms with E-state index >= 15 is 0 Å². The van der Waals surface area contributed by atoms with Crippen molar-refractivity contribution < 1.29 is 4.92 Å². The Bertz CT molecular complexity index is 363. The van der Waals surface area contributed by atoms with E-state index in [0.29, 0.717) is 5.69 Å². The molecule has 0 aliphatic carbocycles. The Morgan fingerprint density at radius 3 is 3.13 bits per heavy atom. The summed E-state index contributed by atoms with van der Waals surface area (Å²) in [5, 5.41) is 13.6. The van der Waals surface area contributed by atoms with Gasteiger partial charge in [-0.3, -0.25) is 10.1 Å². The molecule has 0 radical (unpaired) electrons. The standard InChI is InChI=1S/C10H13N3O2/c1-11-7-3-2-5-9-10(13(14)15)6-4-8-12-9/h2,4-6,8,11H,3,7H2,1H3. The Balaban J connectivity index is 2.75. The summed E-state index contributed by atoms with van der Waals surface area (Å²) in [6.07, 6.45) is 5.91. The highest BCUT2D eigenvalue weighted by molar-refractivity contribution is 5.56. The van der Waals surface area contributed by atoms with E-state index < -0.39 is 4.92 Å². The van der Waals surface area contributed by atoms with Gasteiger partial charge in [0.1, 0.15) is 5.69 Å². The van der Waals surface area contributed by atoms with Crippen molar-refractivity contribution >= 4 is 11.8 Å². The summed E-state index contributed by atoms with van der Waals surface area (Å²) < 4.78 is 0. The van der Waals surface area contributed by atoms with E-state index in [-0.39, 0.29) is 5.69 Å². The average molecular weight is 207 g/mol. The van der Waals surface area contributed by atoms with Crippen molar-refractivity contribution in [1.82, 2.24) is 10.3 Å². The fraction of sp³-hybridized carbons (Fsp3) is 0.300. The molecule has 0 aromatic carbocycles. The minimum atomic E-state index is -0.426. The summed E-state index contributed by atoms with van der Waals surface area (Å²) in [4.78, 5) is 14.2. The number of hydrogen-bond donors (Lipinski definition) is 1. The molecule has 0 saturated heterocycles. The zero-order valence-corrected chi connectivity index (χ0v) is 8.51. The van der Waals surface area contributed by atoms with Crippen molar-refractivity contribution in [3.05, 3.63) is 40.2 Å². The molecule has 1 rings (SSSR count). The molecule has 0 aliphatic rings. The average Bonchev–Trinajstić information content (AvgIpc) is 2.25. The number of aromatic nitrogens is 1. The molecule has 0 amide bonds. The van der Waals surface area contributed by atoms with Crippen LogP contribution in [0.3, 0.4) is 0 Å². The van der Waals surface area contributed by atoms with E-state index in [4.69, 9.17) is 0 Å². The fourth-order valence-corrected chi connectivity index (χ4v) is 1.11. The van der Waals surface area contributed by atoms with Crippen LogP contribution >= 0.6 is 0 Å². The molecule has 0 spiro atoms. The van der Waals surface area contributed by atoms with Crippen LogP contribution in [0.2, 0.25) is 0 Å². The van der Waals surface area contributed by atoms with Crippen LogP contribution in [0.5, 0.6) is 0 Å². The van der Waals surface area contributed by atoms with Crippen LogP contribution in [0.15, 0.2) is 24.4 Å². The van der Waals surface area contributed by atoms with Gasteiger partial charge in [-0.2, -0.15) is 0 Å². The molecule has 0 atom stereocenters. The predicted molar refractivity (Wildman–Crippen MR) is 58.5 cm³/mol. The molecule has 1 aromatic rings. The van der Waals surface area contributed by atoms with Crippen molar-refractivity contribution in [1.29, 1.82) is 0 Å². The minimum absolute atomic E-state index is 0.0400. The molecule has 0 saturated carbocycles. The van der Waals surface area contributed by atoms with Crippen molar-refractivity contribution in [2.75, 3.05) is 13.6 Å². The molecule has 0 unspecified atom stereocenters. The third kappa shape index (κ3) is 3.47. The molecule has 1 N–H and O–H groups in total. The van der Waals surface area contributed by atoms with Crippen molar-refractivity contribution in [3.8, 4) is 0 Å². The highest BCUT2D eigenvalue weighted by Crippen LogP contribution is 2.16. The van der Waals surface area contributed by atoms with Crippen molar-refractivity contribution in [3.63, 3.8) is 0 Å². The molecule has 0 bridgehead atoms. The van der Waals surface area contributed by atoms with Gasteiger partial charge in [-0.1, -0.05) is 6.08 Å². The van der Waals surface area contributed by atoms with Gasteiger partial charge in [0.15, 0.2) is 0 Å². The number of nitrogens with zero attached hydrogens (tertiary/aromatic N) is 2. The molecular formula is C10H13N3O2. The lowest BCUT2D eigenvalue weighted by molar-refractivity contribution is -0.385. The Labute approximate surface area is 88.0 Å². The lowest BCUT2D eigenvalue weighted by Crippen LogP contribution is -2.05. The van der Waals surface area contributed by atoms with Gasteiger partial charge in [-0.05, 0) is 32.2 Å². The van der Waals surface area contributed by atoms with Gasteiger partial charge in [0.2, 0.25) is 0 Å². The number of nitrogens with one attached hydrogen (secondary N) is 1. The van der Waals surface area contributed by atoms with Crippen LogP contribution in [0, 0.1) is 10.1 Å². The Morgan fingerprint density at radius 2 is 2.47 bits per heavy atom. The largest absolute Gasteiger partial charge is 0.319 e. The van der Waals surface area contributed by atoms with Gasteiger partial charge in [-0.25, -0.2) is 4.98 Å². The quantitative estimate of drug-likeness (QED) is 0.452. The molecule has 0 aliphatic heterocycles. The van der Waals surface area contributed by atoms with Gasteiger partial charge >= 0.3 is 0 Å². The molecule has 1 aromatic heterocycles. The van der Waals surface area contributed by atoms with E-state index in [2.05, 4.69) is 10.3 Å². The first-order chi connectivity index (χ1) is 7.25. The highest BCUT2D eigenvalue weighted by Gasteiger charge is 2.10. The van der Waals surface area contributed by atoms with Crippen molar-refractivity contribution in [2.45, 2.75) is 6.42 Å². The maximum atomic E-state index is 10.6. The normalized spacial score (nSPS) is 10.7. The Kier molecular flexibility index (Phi) is 4.43. The van der Waals surface area contributed by atoms with E-state index in [0.717, 1.165) is 13.0 Å². The monoisotopic (exact) mass is 207 g/mol. The zero-order chi connectivity index (χ0) is 11.1. The number of pyridine rings is 1. The second-order valence-corrected chi connectivity index (χ2v) is 2.96. The van der Waals surface area contributed by atoms with Crippen molar-refractivity contribution in [2.24, 2.45) is 0 Å². The first-order valence-corrected chi connectivity index (χ1v) is 4.66. The van der Waals surface area contributed by atoms with Gasteiger partial charge in [-0.15, -0.1) is 0 Å². The minimum Gasteiger partial charge on any atom is -0.319 e. The Morgan fingerprint density at radius 1 is 1.67 bits per heavy atom. The molecule has 1 heterocycles. The smallest absolute Gasteiger partial charge is 0.294 e. The predicted octanol–water partition coefficient (Wildman–Crippen LogP) is 1.61. The first-order valence-electron chi connectivity index (χ1n) is 4.66. The SMILES string of the molecule is CNCCC=Cc1ncccc1[N+](=O)[O-]. The summed E-state index contributed by atoms with van der Waals surface area (Å²) in [7, 11) is 1.86. The van der Waals surface area contributed by atoms with E-state index in [1.807, 2.05) is 13.1 Å². The summed E-state index contributed by atoms with van der Waals surface area (Å²) in [5.74, 6) is 0. The molecule has 15 heavy (non-hydrogen) atoms. The van der Waals surface area contributed by atoms with Crippen LogP contribution in [0.1, 0.15) is 12.1 Å². The summed E-state index contributed by atoms with van der Waals surface area (Å²) in [5.41, 5.74) is 0.441. The van der Waals surface area contributed by atoms with Crippen LogP contribution in [-0.4, -0.2) is 23.5 Å². The molecular weight excluding hydrogens is 194 g/mol. The summed E-state index contributed by atoms with van der Waals surface area (Å²) in [6.45, 7) is 0.844. The Hall–Kier alpha value is -1.75. The second-order valence-electron chi connectivity index (χ2n) is 2.96. The maximum Gasteiger partial charge on any atom is 0.294 e. The first kappa shape index (κ1) is 11.3. The third-order valence-corrected chi connectivity index (χ3v) is 1.85. The topological polar surface area (TPSA) is 68.1 Å². The summed E-state index contributed by atoms with van der Waals surface area (Å²) in [6, 6.07) is 3.01. The van der Waals surface area contributed by atoms with Crippen LogP contribution < -0.4 is 5.32 Å². The maximum absolute atomic E-state index is 10.6. The zero-order valence-electron chi connectivity index (χ0n) is 8.51. The number of hydrogen-bond acceptors (Lipinski definition) is 4. The van der Waals surface area contributed by atoms with Crippen LogP contribution in [0.4, 0.5) is 5.69 Å². The molecule has 5 nitrogen and oxygen atoms in total. The molecule has 5 heteroatoms. The summed E-state index contributed by atoms with van der Waals surface area (Å²) >= 11 is 0. The lowest BCUT2D eigenvalue weighted by Gasteiger charge is -1.95. The van der Waals surface area contributed by atoms with Crippen LogP contribution in [-0.2, 0) is 0 Å². The number of rotatable bonds is 5. The van der Waals surface area contributed by atoms with Crippen LogP contribution in [0.25, 0.3) is 6.08 Å². The highest BCUT2D eigenvalue weighted by atomic mass is 16.6. The molecule has 80 valence electrons. The van der Waals surface area contributed by atoms with Gasteiger partial charge in [0.05, 0.1) is 4.92 Å².